The molecule has 0 spiro atoms. The van der Waals surface area contributed by atoms with Crippen LogP contribution in [0.1, 0.15) is 5.56 Å². The predicted octanol–water partition coefficient (Wildman–Crippen LogP) is 1.08. The first-order valence-corrected chi connectivity index (χ1v) is 3.41. The van der Waals surface area contributed by atoms with Gasteiger partial charge < -0.3 is 5.11 Å². The van der Waals surface area contributed by atoms with Crippen molar-refractivity contribution in [3.05, 3.63) is 29.0 Å². The summed E-state index contributed by atoms with van der Waals surface area (Å²) in [7, 11) is 0. The van der Waals surface area contributed by atoms with Crippen LogP contribution in [0.15, 0.2) is 18.5 Å². The molecule has 1 heterocycles. The molecule has 0 unspecified atom stereocenters. The molecule has 0 aliphatic heterocycles. The third-order valence-electron chi connectivity index (χ3n) is 1.07. The van der Waals surface area contributed by atoms with Gasteiger partial charge in [-0.1, -0.05) is 23.4 Å². The number of halogens is 1. The predicted molar refractivity (Wildman–Crippen MR) is 43.2 cm³/mol. The maximum Gasteiger partial charge on any atom is 0.104 e. The van der Waals surface area contributed by atoms with Gasteiger partial charge in [-0.2, -0.15) is 0 Å². The lowest BCUT2D eigenvalue weighted by Crippen LogP contribution is -1.80. The van der Waals surface area contributed by atoms with Crippen molar-refractivity contribution in [2.24, 2.45) is 0 Å². The van der Waals surface area contributed by atoms with Crippen molar-refractivity contribution in [3.63, 3.8) is 0 Å². The van der Waals surface area contributed by atoms with Crippen molar-refractivity contribution >= 4 is 11.6 Å². The molecule has 1 aromatic rings. The van der Waals surface area contributed by atoms with Crippen LogP contribution < -0.4 is 0 Å². The van der Waals surface area contributed by atoms with Gasteiger partial charge in [0.05, 0.1) is 10.6 Å². The van der Waals surface area contributed by atoms with Crippen LogP contribution in [0.5, 0.6) is 0 Å². The fourth-order valence-corrected chi connectivity index (χ4v) is 0.757. The Kier molecular flexibility index (Phi) is 2.91. The van der Waals surface area contributed by atoms with Crippen molar-refractivity contribution in [3.8, 4) is 11.8 Å². The van der Waals surface area contributed by atoms with Crippen molar-refractivity contribution < 1.29 is 5.11 Å². The van der Waals surface area contributed by atoms with Gasteiger partial charge in [0.1, 0.15) is 6.61 Å². The quantitative estimate of drug-likeness (QED) is 0.587. The number of rotatable bonds is 0. The summed E-state index contributed by atoms with van der Waals surface area (Å²) in [5.74, 6) is 5.15. The molecule has 11 heavy (non-hydrogen) atoms. The van der Waals surface area contributed by atoms with Gasteiger partial charge in [-0.3, -0.25) is 4.98 Å². The van der Waals surface area contributed by atoms with Crippen LogP contribution in [0.2, 0.25) is 5.02 Å². The van der Waals surface area contributed by atoms with E-state index in [1.165, 1.54) is 0 Å². The second-order valence-electron chi connectivity index (χ2n) is 1.82. The summed E-state index contributed by atoms with van der Waals surface area (Å²) in [6.45, 7) is -0.161. The molecule has 2 nitrogen and oxygen atoms in total. The summed E-state index contributed by atoms with van der Waals surface area (Å²) in [6.07, 6.45) is 3.15. The molecule has 56 valence electrons. The maximum absolute atomic E-state index is 8.38. The third-order valence-corrected chi connectivity index (χ3v) is 1.40. The highest BCUT2D eigenvalue weighted by Gasteiger charge is 1.92. The van der Waals surface area contributed by atoms with Crippen LogP contribution in [0, 0.1) is 11.8 Å². The number of hydrogen-bond acceptors (Lipinski definition) is 2. The molecule has 0 aliphatic carbocycles. The minimum atomic E-state index is -0.161. The average molecular weight is 168 g/mol. The molecule has 1 aromatic heterocycles. The molecule has 0 bridgehead atoms. The summed E-state index contributed by atoms with van der Waals surface area (Å²) in [4.78, 5) is 3.83. The van der Waals surface area contributed by atoms with Gasteiger partial charge in [-0.25, -0.2) is 0 Å². The molecule has 0 fully saturated rings. The molecular weight excluding hydrogens is 162 g/mol. The molecule has 1 N–H and O–H groups in total. The zero-order valence-electron chi connectivity index (χ0n) is 5.71. The van der Waals surface area contributed by atoms with Gasteiger partial charge in [-0.15, -0.1) is 0 Å². The summed E-state index contributed by atoms with van der Waals surface area (Å²) >= 11 is 5.74. The van der Waals surface area contributed by atoms with Gasteiger partial charge in [0.2, 0.25) is 0 Å². The van der Waals surface area contributed by atoms with Crippen molar-refractivity contribution in [1.82, 2.24) is 4.98 Å². The summed E-state index contributed by atoms with van der Waals surface area (Å²) in [6, 6.07) is 1.66. The van der Waals surface area contributed by atoms with Gasteiger partial charge in [0.15, 0.2) is 0 Å². The SMILES string of the molecule is OCC#Cc1cnccc1Cl. The lowest BCUT2D eigenvalue weighted by molar-refractivity contribution is 0.350. The zero-order valence-corrected chi connectivity index (χ0v) is 6.47. The van der Waals surface area contributed by atoms with E-state index < -0.39 is 0 Å². The molecule has 0 amide bonds. The molecule has 0 aromatic carbocycles. The maximum atomic E-state index is 8.38. The summed E-state index contributed by atoms with van der Waals surface area (Å²) < 4.78 is 0. The Morgan fingerprint density at radius 2 is 2.45 bits per heavy atom. The smallest absolute Gasteiger partial charge is 0.104 e. The molecule has 0 aliphatic rings. The third kappa shape index (κ3) is 2.23. The summed E-state index contributed by atoms with van der Waals surface area (Å²) in [5.41, 5.74) is 0.642. The second kappa shape index (κ2) is 3.97. The van der Waals surface area contributed by atoms with Crippen LogP contribution in [-0.2, 0) is 0 Å². The van der Waals surface area contributed by atoms with E-state index in [0.29, 0.717) is 10.6 Å². The van der Waals surface area contributed by atoms with Gasteiger partial charge in [0.25, 0.3) is 0 Å². The van der Waals surface area contributed by atoms with E-state index >= 15 is 0 Å². The van der Waals surface area contributed by atoms with Crippen LogP contribution in [-0.4, -0.2) is 16.7 Å². The fourth-order valence-electron chi connectivity index (χ4n) is 0.604. The Morgan fingerprint density at radius 3 is 3.09 bits per heavy atom. The Labute approximate surface area is 69.8 Å². The van der Waals surface area contributed by atoms with E-state index in [9.17, 15) is 0 Å². The largest absolute Gasteiger partial charge is 0.384 e. The lowest BCUT2D eigenvalue weighted by atomic mass is 10.3. The molecule has 3 heteroatoms. The molecule has 0 saturated carbocycles. The van der Waals surface area contributed by atoms with Gasteiger partial charge in [-0.05, 0) is 6.07 Å². The average Bonchev–Trinajstić information content (AvgIpc) is 2.03. The Morgan fingerprint density at radius 1 is 1.64 bits per heavy atom. The number of pyridine rings is 1. The van der Waals surface area contributed by atoms with Crippen molar-refractivity contribution in [1.29, 1.82) is 0 Å². The monoisotopic (exact) mass is 167 g/mol. The highest BCUT2D eigenvalue weighted by atomic mass is 35.5. The number of aliphatic hydroxyl groups is 1. The van der Waals surface area contributed by atoms with Gasteiger partial charge >= 0.3 is 0 Å². The molecule has 0 radical (unpaired) electrons. The van der Waals surface area contributed by atoms with E-state index in [4.69, 9.17) is 16.7 Å². The standard InChI is InChI=1S/C8H6ClNO/c9-8-3-4-10-6-7(8)2-1-5-11/h3-4,6,11H,5H2. The normalized spacial score (nSPS) is 8.55. The molecular formula is C8H6ClNO. The Balaban J connectivity index is 2.95. The van der Waals surface area contributed by atoms with E-state index in [0.717, 1.165) is 0 Å². The molecule has 0 saturated heterocycles. The lowest BCUT2D eigenvalue weighted by Gasteiger charge is -1.90. The first-order chi connectivity index (χ1) is 5.34. The highest BCUT2D eigenvalue weighted by molar-refractivity contribution is 6.31. The first kappa shape index (κ1) is 8.06. The minimum absolute atomic E-state index is 0.161. The van der Waals surface area contributed by atoms with E-state index in [1.807, 2.05) is 0 Å². The van der Waals surface area contributed by atoms with Gasteiger partial charge in [0, 0.05) is 12.4 Å². The van der Waals surface area contributed by atoms with Crippen LogP contribution in [0.3, 0.4) is 0 Å². The Hall–Kier alpha value is -1.04. The van der Waals surface area contributed by atoms with E-state index in [2.05, 4.69) is 16.8 Å². The minimum Gasteiger partial charge on any atom is -0.384 e. The van der Waals surface area contributed by atoms with Crippen LogP contribution >= 0.6 is 11.6 Å². The Bertz CT molecular complexity index is 300. The van der Waals surface area contributed by atoms with E-state index in [-0.39, 0.29) is 6.61 Å². The molecule has 1 rings (SSSR count). The van der Waals surface area contributed by atoms with E-state index in [1.54, 1.807) is 18.5 Å². The number of aliphatic hydroxyl groups excluding tert-OH is 1. The summed E-state index contributed by atoms with van der Waals surface area (Å²) in [5, 5.41) is 8.94. The zero-order chi connectivity index (χ0) is 8.10. The van der Waals surface area contributed by atoms with Crippen LogP contribution in [0.25, 0.3) is 0 Å². The second-order valence-corrected chi connectivity index (χ2v) is 2.22. The number of aromatic nitrogens is 1. The van der Waals surface area contributed by atoms with Crippen molar-refractivity contribution in [2.75, 3.05) is 6.61 Å². The number of hydrogen-bond donors (Lipinski definition) is 1. The van der Waals surface area contributed by atoms with Crippen LogP contribution in [0.4, 0.5) is 0 Å². The molecule has 0 atom stereocenters. The number of nitrogens with zero attached hydrogens (tertiary/aromatic N) is 1. The highest BCUT2D eigenvalue weighted by Crippen LogP contribution is 2.11. The topological polar surface area (TPSA) is 33.1 Å². The van der Waals surface area contributed by atoms with Crippen molar-refractivity contribution in [2.45, 2.75) is 0 Å². The first-order valence-electron chi connectivity index (χ1n) is 3.04. The fraction of sp³-hybridized carbons (Fsp3) is 0.125.